The van der Waals surface area contributed by atoms with Crippen molar-refractivity contribution in [2.24, 2.45) is 0 Å². The number of ether oxygens (including phenoxy) is 1. The predicted molar refractivity (Wildman–Crippen MR) is 141 cm³/mol. The average Bonchev–Trinajstić information content (AvgIpc) is 2.88. The number of pyridine rings is 1. The molecule has 2 aromatic carbocycles. The van der Waals surface area contributed by atoms with E-state index in [4.69, 9.17) is 26.3 Å². The van der Waals surface area contributed by atoms with Gasteiger partial charge in [-0.25, -0.2) is 4.98 Å². The smallest absolute Gasteiger partial charge is 0.234 e. The summed E-state index contributed by atoms with van der Waals surface area (Å²) in [5.74, 6) is 1.51. The van der Waals surface area contributed by atoms with Gasteiger partial charge in [0.15, 0.2) is 11.6 Å². The molecule has 0 fully saturated rings. The maximum absolute atomic E-state index is 12.7. The molecule has 0 spiro atoms. The minimum atomic E-state index is -0.153. The van der Waals surface area contributed by atoms with Crippen molar-refractivity contribution in [3.05, 3.63) is 87.7 Å². The van der Waals surface area contributed by atoms with Crippen LogP contribution in [-0.4, -0.2) is 31.7 Å². The first kappa shape index (κ1) is 24.2. The van der Waals surface area contributed by atoms with E-state index in [1.165, 1.54) is 11.8 Å². The number of anilines is 1. The Labute approximate surface area is 217 Å². The molecular weight excluding hydrogens is 496 g/mol. The van der Waals surface area contributed by atoms with E-state index in [-0.39, 0.29) is 18.3 Å². The minimum Gasteiger partial charge on any atom is -0.436 e. The first-order chi connectivity index (χ1) is 17.4. The zero-order chi connectivity index (χ0) is 25.2. The van der Waals surface area contributed by atoms with Crippen LogP contribution in [0.25, 0.3) is 11.4 Å². The van der Waals surface area contributed by atoms with Gasteiger partial charge in [0, 0.05) is 40.0 Å². The van der Waals surface area contributed by atoms with Gasteiger partial charge in [0.25, 0.3) is 0 Å². The largest absolute Gasteiger partial charge is 0.436 e. The van der Waals surface area contributed by atoms with Crippen LogP contribution >= 0.6 is 23.4 Å². The number of aryl methyl sites for hydroxylation is 2. The second-order valence-electron chi connectivity index (χ2n) is 8.46. The molecule has 0 saturated carbocycles. The normalized spacial score (nSPS) is 11.9. The highest BCUT2D eigenvalue weighted by Crippen LogP contribution is 2.42. The molecule has 4 aromatic rings. The van der Waals surface area contributed by atoms with Crippen LogP contribution in [0.15, 0.2) is 59.8 Å². The molecule has 1 aliphatic heterocycles. The van der Waals surface area contributed by atoms with Crippen LogP contribution in [0.2, 0.25) is 5.02 Å². The fourth-order valence-corrected chi connectivity index (χ4v) is 4.86. The number of rotatable bonds is 6. The van der Waals surface area contributed by atoms with Crippen LogP contribution in [0.3, 0.4) is 0 Å². The van der Waals surface area contributed by atoms with E-state index in [1.807, 2.05) is 50.2 Å². The van der Waals surface area contributed by atoms with Gasteiger partial charge in [-0.3, -0.25) is 9.78 Å². The zero-order valence-electron chi connectivity index (χ0n) is 19.7. The summed E-state index contributed by atoms with van der Waals surface area (Å²) in [6.45, 7) is 3.70. The van der Waals surface area contributed by atoms with E-state index < -0.39 is 0 Å². The van der Waals surface area contributed by atoms with E-state index in [1.54, 1.807) is 18.3 Å². The standard InChI is InChI=1S/C27H23ClN4O3S/c1-15-3-9-20(10-4-15)30-23(34)14-36-27-22-11-21-18(13-33)12-29-16(2)24(21)35-26(22)31-25(32-27)17-5-7-19(28)8-6-17/h3-10,12,33H,11,13-14H2,1-2H3,(H,30,34). The van der Waals surface area contributed by atoms with Crippen molar-refractivity contribution in [3.63, 3.8) is 0 Å². The fraction of sp³-hybridized carbons (Fsp3) is 0.185. The van der Waals surface area contributed by atoms with E-state index in [0.29, 0.717) is 45.2 Å². The Morgan fingerprint density at radius 3 is 2.56 bits per heavy atom. The van der Waals surface area contributed by atoms with Gasteiger partial charge >= 0.3 is 0 Å². The molecule has 36 heavy (non-hydrogen) atoms. The Bertz CT molecular complexity index is 1440. The number of hydrogen-bond donors (Lipinski definition) is 2. The predicted octanol–water partition coefficient (Wildman–Crippen LogP) is 5.73. The van der Waals surface area contributed by atoms with Gasteiger partial charge in [-0.1, -0.05) is 41.1 Å². The summed E-state index contributed by atoms with van der Waals surface area (Å²) in [5.41, 5.74) is 5.67. The number of nitrogens with one attached hydrogen (secondary N) is 1. The molecule has 182 valence electrons. The van der Waals surface area contributed by atoms with Crippen LogP contribution in [0, 0.1) is 13.8 Å². The van der Waals surface area contributed by atoms with Gasteiger partial charge in [-0.05, 0) is 50.2 Å². The second-order valence-corrected chi connectivity index (χ2v) is 9.86. The molecule has 0 unspecified atom stereocenters. The molecule has 0 atom stereocenters. The van der Waals surface area contributed by atoms with E-state index in [9.17, 15) is 9.90 Å². The van der Waals surface area contributed by atoms with Gasteiger partial charge in [-0.15, -0.1) is 0 Å². The Morgan fingerprint density at radius 1 is 1.08 bits per heavy atom. The minimum absolute atomic E-state index is 0.141. The lowest BCUT2D eigenvalue weighted by Gasteiger charge is -2.24. The molecule has 5 rings (SSSR count). The highest BCUT2D eigenvalue weighted by molar-refractivity contribution is 8.00. The third-order valence-corrected chi connectivity index (χ3v) is 7.11. The number of aromatic nitrogens is 3. The van der Waals surface area contributed by atoms with Gasteiger partial charge in [0.05, 0.1) is 23.6 Å². The van der Waals surface area contributed by atoms with Gasteiger partial charge in [0.1, 0.15) is 5.03 Å². The third kappa shape index (κ3) is 5.06. The summed E-state index contributed by atoms with van der Waals surface area (Å²) in [6, 6.07) is 14.9. The molecule has 2 N–H and O–H groups in total. The molecule has 3 heterocycles. The Kier molecular flexibility index (Phi) is 6.91. The van der Waals surface area contributed by atoms with Crippen LogP contribution in [0.4, 0.5) is 5.69 Å². The Balaban J connectivity index is 1.48. The number of halogens is 1. The van der Waals surface area contributed by atoms with Crippen molar-refractivity contribution >= 4 is 35.0 Å². The summed E-state index contributed by atoms with van der Waals surface area (Å²) >= 11 is 7.39. The molecule has 7 nitrogen and oxygen atoms in total. The third-order valence-electron chi connectivity index (χ3n) is 5.84. The van der Waals surface area contributed by atoms with Crippen molar-refractivity contribution in [2.45, 2.75) is 31.9 Å². The first-order valence-corrected chi connectivity index (χ1v) is 12.7. The highest BCUT2D eigenvalue weighted by atomic mass is 35.5. The number of benzene rings is 2. The zero-order valence-corrected chi connectivity index (χ0v) is 21.3. The number of carbonyl (C=O) groups excluding carboxylic acids is 1. The molecule has 0 radical (unpaired) electrons. The number of aliphatic hydroxyl groups excluding tert-OH is 1. The summed E-state index contributed by atoms with van der Waals surface area (Å²) in [4.78, 5) is 26.6. The van der Waals surface area contributed by atoms with Crippen molar-refractivity contribution in [3.8, 4) is 23.0 Å². The highest BCUT2D eigenvalue weighted by Gasteiger charge is 2.28. The van der Waals surface area contributed by atoms with Crippen molar-refractivity contribution < 1.29 is 14.6 Å². The number of carbonyl (C=O) groups is 1. The molecular formula is C27H23ClN4O3S. The second kappa shape index (κ2) is 10.3. The van der Waals surface area contributed by atoms with Crippen LogP contribution in [-0.2, 0) is 17.8 Å². The van der Waals surface area contributed by atoms with Crippen LogP contribution in [0.1, 0.15) is 27.9 Å². The lowest BCUT2D eigenvalue weighted by atomic mass is 9.99. The maximum Gasteiger partial charge on any atom is 0.234 e. The van der Waals surface area contributed by atoms with E-state index in [0.717, 1.165) is 27.9 Å². The molecule has 1 amide bonds. The molecule has 9 heteroatoms. The Morgan fingerprint density at radius 2 is 1.83 bits per heavy atom. The van der Waals surface area contributed by atoms with Crippen LogP contribution < -0.4 is 10.1 Å². The van der Waals surface area contributed by atoms with Crippen LogP contribution in [0.5, 0.6) is 11.6 Å². The number of amides is 1. The maximum atomic E-state index is 12.7. The van der Waals surface area contributed by atoms with E-state index >= 15 is 0 Å². The molecule has 0 bridgehead atoms. The average molecular weight is 519 g/mol. The number of aliphatic hydroxyl groups is 1. The number of hydrogen-bond acceptors (Lipinski definition) is 7. The number of nitrogens with zero attached hydrogens (tertiary/aromatic N) is 3. The quantitative estimate of drug-likeness (QED) is 0.219. The number of thioether (sulfide) groups is 1. The van der Waals surface area contributed by atoms with Crippen molar-refractivity contribution in [1.82, 2.24) is 15.0 Å². The number of fused-ring (bicyclic) bond motifs is 2. The van der Waals surface area contributed by atoms with Crippen molar-refractivity contribution in [2.75, 3.05) is 11.1 Å². The molecule has 2 aromatic heterocycles. The first-order valence-electron chi connectivity index (χ1n) is 11.3. The van der Waals surface area contributed by atoms with Crippen molar-refractivity contribution in [1.29, 1.82) is 0 Å². The van der Waals surface area contributed by atoms with Gasteiger partial charge < -0.3 is 15.2 Å². The summed E-state index contributed by atoms with van der Waals surface area (Å²) in [6.07, 6.45) is 2.13. The summed E-state index contributed by atoms with van der Waals surface area (Å²) < 4.78 is 6.23. The monoisotopic (exact) mass is 518 g/mol. The summed E-state index contributed by atoms with van der Waals surface area (Å²) in [7, 11) is 0. The SMILES string of the molecule is Cc1ccc(NC(=O)CSc2nc(-c3ccc(Cl)cc3)nc3c2Cc2c(CO)cnc(C)c2O3)cc1. The van der Waals surface area contributed by atoms with Gasteiger partial charge in [-0.2, -0.15) is 4.98 Å². The lowest BCUT2D eigenvalue weighted by molar-refractivity contribution is -0.113. The molecule has 0 aliphatic carbocycles. The molecule has 1 aliphatic rings. The fourth-order valence-electron chi connectivity index (χ4n) is 3.91. The van der Waals surface area contributed by atoms with E-state index in [2.05, 4.69) is 10.3 Å². The van der Waals surface area contributed by atoms with Gasteiger partial charge in [0.2, 0.25) is 11.8 Å². The topological polar surface area (TPSA) is 97.2 Å². The summed E-state index contributed by atoms with van der Waals surface area (Å²) in [5, 5.41) is 14.0. The lowest BCUT2D eigenvalue weighted by Crippen LogP contribution is -2.16. The molecule has 0 saturated heterocycles. The Hall–Kier alpha value is -3.46.